The minimum Gasteiger partial charge on any atom is -0.485 e. The van der Waals surface area contributed by atoms with Crippen LogP contribution in [0.2, 0.25) is 0 Å². The zero-order valence-electron chi connectivity index (χ0n) is 34.6. The molecule has 9 atom stereocenters. The second kappa shape index (κ2) is 13.6. The number of dihydropyridines is 1. The van der Waals surface area contributed by atoms with E-state index >= 15 is 0 Å². The molecule has 0 aromatic carbocycles. The summed E-state index contributed by atoms with van der Waals surface area (Å²) >= 11 is 0. The summed E-state index contributed by atoms with van der Waals surface area (Å²) in [5.41, 5.74) is 14.0. The Bertz CT molecular complexity index is 2090. The van der Waals surface area contributed by atoms with Crippen molar-refractivity contribution in [2.24, 2.45) is 46.4 Å². The van der Waals surface area contributed by atoms with E-state index in [1.165, 1.54) is 83.2 Å². The standard InChI is InChI=1S/C52H63N3O/c1-6-52(5,55-47-20-14-13-19-38(47)48-25-36(24-34-15-9-7-10-16-34)43(30-54(48)55)51-32(3)33(51)4)44-29-50-41(37-22-21-31(2)23-49(37)56-50)26-42(44)46-27-39(40-28-45(40)53-46)35-17-11-8-12-18-35/h11,13-14,17-20,23,25-28,32-34,38,40,43,47-48,50-51H,6-10,12,15-16,21-22,24,29-30H2,1-5H3. The molecule has 4 nitrogen and oxygen atoms in total. The maximum atomic E-state index is 6.98. The quantitative estimate of drug-likeness (QED) is 0.232. The first-order valence-corrected chi connectivity index (χ1v) is 22.8. The van der Waals surface area contributed by atoms with Crippen molar-refractivity contribution in [2.45, 2.75) is 135 Å². The minimum absolute atomic E-state index is 0.0662. The molecule has 0 aromatic rings. The van der Waals surface area contributed by atoms with Gasteiger partial charge in [-0.3, -0.25) is 4.99 Å². The van der Waals surface area contributed by atoms with Crippen LogP contribution < -0.4 is 0 Å². The van der Waals surface area contributed by atoms with Crippen LogP contribution >= 0.6 is 0 Å². The van der Waals surface area contributed by atoms with Crippen LogP contribution in [-0.2, 0) is 4.74 Å². The Morgan fingerprint density at radius 2 is 1.77 bits per heavy atom. The summed E-state index contributed by atoms with van der Waals surface area (Å²) in [7, 11) is 0. The zero-order valence-corrected chi connectivity index (χ0v) is 34.6. The van der Waals surface area contributed by atoms with Gasteiger partial charge in [0.2, 0.25) is 0 Å². The lowest BCUT2D eigenvalue weighted by Gasteiger charge is -2.51. The molecule has 0 amide bonds. The number of ether oxygens (including phenoxy) is 1. The molecule has 2 saturated carbocycles. The first kappa shape index (κ1) is 35.7. The highest BCUT2D eigenvalue weighted by molar-refractivity contribution is 6.14. The van der Waals surface area contributed by atoms with E-state index in [0.717, 1.165) is 80.2 Å². The Balaban J connectivity index is 1.04. The van der Waals surface area contributed by atoms with E-state index in [4.69, 9.17) is 9.73 Å². The fourth-order valence-electron chi connectivity index (χ4n) is 13.0. The molecule has 292 valence electrons. The number of fused-ring (bicyclic) bond motifs is 6. The molecule has 0 bridgehead atoms. The van der Waals surface area contributed by atoms with Crippen molar-refractivity contribution < 1.29 is 4.74 Å². The van der Waals surface area contributed by atoms with E-state index in [0.29, 0.717) is 29.8 Å². The summed E-state index contributed by atoms with van der Waals surface area (Å²) in [5.74, 6) is 5.90. The molecule has 7 aliphatic carbocycles. The van der Waals surface area contributed by atoms with E-state index in [2.05, 4.69) is 118 Å². The first-order valence-electron chi connectivity index (χ1n) is 22.8. The number of aliphatic imine (C=N–C) groups is 1. The monoisotopic (exact) mass is 745 g/mol. The molecule has 0 N–H and O–H groups in total. The van der Waals surface area contributed by atoms with Gasteiger partial charge in [-0.15, -0.1) is 0 Å². The van der Waals surface area contributed by atoms with Crippen LogP contribution in [0, 0.1) is 41.4 Å². The largest absolute Gasteiger partial charge is 0.485 e. The van der Waals surface area contributed by atoms with E-state index in [1.54, 1.807) is 0 Å². The molecule has 11 rings (SSSR count). The molecular formula is C52H63N3O. The number of nitrogens with zero attached hydrogens (tertiary/aromatic N) is 3. The maximum absolute atomic E-state index is 6.98. The van der Waals surface area contributed by atoms with E-state index in [1.807, 2.05) is 5.57 Å². The smallest absolute Gasteiger partial charge is 0.128 e. The Hall–Kier alpha value is -3.47. The van der Waals surface area contributed by atoms with Gasteiger partial charge in [0.15, 0.2) is 0 Å². The fourth-order valence-corrected chi connectivity index (χ4v) is 13.0. The van der Waals surface area contributed by atoms with Gasteiger partial charge in [0.05, 0.1) is 23.3 Å². The molecule has 56 heavy (non-hydrogen) atoms. The van der Waals surface area contributed by atoms with Crippen molar-refractivity contribution in [3.05, 3.63) is 129 Å². The van der Waals surface area contributed by atoms with Crippen LogP contribution in [0.25, 0.3) is 0 Å². The predicted molar refractivity (Wildman–Crippen MR) is 229 cm³/mol. The lowest BCUT2D eigenvalue weighted by molar-refractivity contribution is -0.0919. The Morgan fingerprint density at radius 3 is 2.55 bits per heavy atom. The number of hydrogen-bond acceptors (Lipinski definition) is 4. The summed E-state index contributed by atoms with van der Waals surface area (Å²) in [5, 5.41) is 5.85. The average Bonchev–Trinajstić information content (AvgIpc) is 4.05. The number of hydrazine groups is 1. The van der Waals surface area contributed by atoms with Crippen molar-refractivity contribution in [3.8, 4) is 0 Å². The summed E-state index contributed by atoms with van der Waals surface area (Å²) in [6.07, 6.45) is 44.5. The van der Waals surface area contributed by atoms with Gasteiger partial charge in [-0.1, -0.05) is 113 Å². The summed E-state index contributed by atoms with van der Waals surface area (Å²) in [4.78, 5) is 5.48. The van der Waals surface area contributed by atoms with Crippen molar-refractivity contribution >= 4 is 5.71 Å². The molecule has 3 fully saturated rings. The second-order valence-electron chi connectivity index (χ2n) is 19.7. The van der Waals surface area contributed by atoms with Crippen LogP contribution in [-0.4, -0.2) is 46.0 Å². The Kier molecular flexibility index (Phi) is 8.63. The molecule has 11 aliphatic rings. The summed E-state index contributed by atoms with van der Waals surface area (Å²) in [6, 6.07) is 0.721. The van der Waals surface area contributed by atoms with Gasteiger partial charge >= 0.3 is 0 Å². The van der Waals surface area contributed by atoms with Crippen LogP contribution in [0.15, 0.2) is 134 Å². The third-order valence-corrected chi connectivity index (χ3v) is 16.6. The van der Waals surface area contributed by atoms with E-state index in [9.17, 15) is 0 Å². The molecular weight excluding hydrogens is 683 g/mol. The van der Waals surface area contributed by atoms with Crippen LogP contribution in [0.1, 0.15) is 112 Å². The number of rotatable bonds is 8. The van der Waals surface area contributed by atoms with Gasteiger partial charge in [0.25, 0.3) is 0 Å². The molecule has 1 saturated heterocycles. The predicted octanol–water partition coefficient (Wildman–Crippen LogP) is 11.8. The molecule has 4 heteroatoms. The first-order chi connectivity index (χ1) is 27.3. The highest BCUT2D eigenvalue weighted by atomic mass is 16.5. The second-order valence-corrected chi connectivity index (χ2v) is 19.7. The van der Waals surface area contributed by atoms with Crippen molar-refractivity contribution in [1.82, 2.24) is 10.0 Å². The topological polar surface area (TPSA) is 28.1 Å². The average molecular weight is 746 g/mol. The lowest BCUT2D eigenvalue weighted by atomic mass is 9.73. The molecule has 9 unspecified atom stereocenters. The van der Waals surface area contributed by atoms with Crippen LogP contribution in [0.5, 0.6) is 0 Å². The highest BCUT2D eigenvalue weighted by Gasteiger charge is 2.58. The molecule has 4 aliphatic heterocycles. The summed E-state index contributed by atoms with van der Waals surface area (Å²) in [6.45, 7) is 13.5. The number of allylic oxidation sites excluding steroid dienone is 13. The van der Waals surface area contributed by atoms with Gasteiger partial charge in [0.1, 0.15) is 11.9 Å². The van der Waals surface area contributed by atoms with E-state index in [-0.39, 0.29) is 11.6 Å². The van der Waals surface area contributed by atoms with Gasteiger partial charge in [-0.2, -0.15) is 0 Å². The maximum Gasteiger partial charge on any atom is 0.128 e. The van der Waals surface area contributed by atoms with Crippen LogP contribution in [0.4, 0.5) is 0 Å². The molecule has 0 spiro atoms. The Morgan fingerprint density at radius 1 is 0.929 bits per heavy atom. The fraction of sp³-hybridized carbons (Fsp3) is 0.558. The van der Waals surface area contributed by atoms with Gasteiger partial charge in [0, 0.05) is 47.2 Å². The van der Waals surface area contributed by atoms with Gasteiger partial charge in [-0.25, -0.2) is 10.0 Å². The van der Waals surface area contributed by atoms with Gasteiger partial charge in [-0.05, 0) is 123 Å². The third kappa shape index (κ3) is 5.70. The SMILES string of the molecule is CCC(C)(C1=C(C2=NC3=CC3C(C3=CCCC=C3)=C2)C=C2C3=C(C=C(C)CC3)OC2C1)N1C2C=CC=CC2C2C=C(CC3CCCCC3)C(C3C(C)C3C)CN21. The minimum atomic E-state index is -0.224. The lowest BCUT2D eigenvalue weighted by Crippen LogP contribution is -2.59. The van der Waals surface area contributed by atoms with Gasteiger partial charge < -0.3 is 4.74 Å². The normalized spacial score (nSPS) is 38.4. The van der Waals surface area contributed by atoms with E-state index < -0.39 is 0 Å². The van der Waals surface area contributed by atoms with Crippen LogP contribution in [0.3, 0.4) is 0 Å². The highest BCUT2D eigenvalue weighted by Crippen LogP contribution is 2.58. The molecule has 4 heterocycles. The molecule has 0 aromatic heterocycles. The summed E-state index contributed by atoms with van der Waals surface area (Å²) < 4.78 is 6.98. The van der Waals surface area contributed by atoms with Crippen molar-refractivity contribution in [2.75, 3.05) is 6.54 Å². The number of hydrogen-bond donors (Lipinski definition) is 0. The Labute approximate surface area is 336 Å². The third-order valence-electron chi connectivity index (χ3n) is 16.6. The van der Waals surface area contributed by atoms with Crippen molar-refractivity contribution in [1.29, 1.82) is 0 Å². The molecule has 0 radical (unpaired) electrons. The van der Waals surface area contributed by atoms with Crippen molar-refractivity contribution in [3.63, 3.8) is 0 Å². The zero-order chi connectivity index (χ0) is 37.9.